The molecule has 6 nitrogen and oxygen atoms in total. The van der Waals surface area contributed by atoms with Crippen LogP contribution in [0.2, 0.25) is 5.15 Å². The molecule has 136 valence electrons. The van der Waals surface area contributed by atoms with Gasteiger partial charge in [-0.3, -0.25) is 4.79 Å². The molecule has 0 saturated carbocycles. The lowest BCUT2D eigenvalue weighted by atomic mass is 10.1. The van der Waals surface area contributed by atoms with Gasteiger partial charge in [-0.05, 0) is 25.0 Å². The van der Waals surface area contributed by atoms with E-state index in [1.807, 2.05) is 36.4 Å². The van der Waals surface area contributed by atoms with E-state index >= 15 is 0 Å². The molecular weight excluding hydrogens is 352 g/mol. The molecule has 0 unspecified atom stereocenters. The number of nitrogens with one attached hydrogen (secondary N) is 1. The van der Waals surface area contributed by atoms with Crippen molar-refractivity contribution in [2.24, 2.45) is 0 Å². The van der Waals surface area contributed by atoms with E-state index in [-0.39, 0.29) is 5.57 Å². The van der Waals surface area contributed by atoms with E-state index < -0.39 is 5.91 Å². The minimum atomic E-state index is -0.435. The Kier molecular flexibility index (Phi) is 7.39. The molecule has 0 aliphatic carbocycles. The average molecular weight is 373 g/mol. The summed E-state index contributed by atoms with van der Waals surface area (Å²) in [5.41, 5.74) is 2.28. The Morgan fingerprint density at radius 3 is 2.81 bits per heavy atom. The zero-order chi connectivity index (χ0) is 18.9. The molecule has 1 aromatic carbocycles. The number of carbonyl (C=O) groups excluding carboxylic acids is 1. The topological polar surface area (TPSA) is 79.9 Å². The SMILES string of the molecule is COCCCNC(=O)/C(C#N)=C/c1c(C)nn(Cc2ccccc2)c1Cl. The highest BCUT2D eigenvalue weighted by Gasteiger charge is 2.15. The number of benzene rings is 1. The Balaban J connectivity index is 2.17. The molecule has 0 aliphatic rings. The molecule has 0 radical (unpaired) electrons. The Labute approximate surface area is 158 Å². The summed E-state index contributed by atoms with van der Waals surface area (Å²) in [5, 5.41) is 16.8. The number of nitrogens with zero attached hydrogens (tertiary/aromatic N) is 3. The van der Waals surface area contributed by atoms with Crippen molar-refractivity contribution in [3.05, 3.63) is 57.9 Å². The van der Waals surface area contributed by atoms with Gasteiger partial charge in [0.15, 0.2) is 0 Å². The van der Waals surface area contributed by atoms with Crippen molar-refractivity contribution in [2.45, 2.75) is 19.9 Å². The van der Waals surface area contributed by atoms with Crippen molar-refractivity contribution < 1.29 is 9.53 Å². The molecule has 26 heavy (non-hydrogen) atoms. The molecule has 0 saturated heterocycles. The van der Waals surface area contributed by atoms with Crippen LogP contribution in [0.25, 0.3) is 6.08 Å². The number of ether oxygens (including phenoxy) is 1. The fourth-order valence-corrected chi connectivity index (χ4v) is 2.69. The molecule has 0 aliphatic heterocycles. The fourth-order valence-electron chi connectivity index (χ4n) is 2.40. The lowest BCUT2D eigenvalue weighted by molar-refractivity contribution is -0.117. The van der Waals surface area contributed by atoms with Gasteiger partial charge in [0.1, 0.15) is 16.8 Å². The number of nitriles is 1. The first kappa shape index (κ1) is 19.7. The fraction of sp³-hybridized carbons (Fsp3) is 0.316. The zero-order valence-electron chi connectivity index (χ0n) is 14.8. The second-order valence-corrected chi connectivity index (χ2v) is 6.06. The van der Waals surface area contributed by atoms with Crippen molar-refractivity contribution >= 4 is 23.6 Å². The van der Waals surface area contributed by atoms with Crippen LogP contribution in [0.15, 0.2) is 35.9 Å². The van der Waals surface area contributed by atoms with Crippen LogP contribution in [-0.2, 0) is 16.1 Å². The number of carbonyl (C=O) groups is 1. The molecule has 0 fully saturated rings. The van der Waals surface area contributed by atoms with E-state index in [0.717, 1.165) is 5.56 Å². The van der Waals surface area contributed by atoms with Gasteiger partial charge in [-0.25, -0.2) is 4.68 Å². The number of aryl methyl sites for hydroxylation is 1. The van der Waals surface area contributed by atoms with Crippen LogP contribution < -0.4 is 5.32 Å². The lowest BCUT2D eigenvalue weighted by Crippen LogP contribution is -2.26. The maximum absolute atomic E-state index is 12.1. The molecule has 0 atom stereocenters. The molecule has 1 amide bonds. The Hall–Kier alpha value is -2.62. The number of aromatic nitrogens is 2. The van der Waals surface area contributed by atoms with Gasteiger partial charge in [-0.2, -0.15) is 10.4 Å². The van der Waals surface area contributed by atoms with Crippen LogP contribution in [-0.4, -0.2) is 35.9 Å². The van der Waals surface area contributed by atoms with E-state index in [1.54, 1.807) is 18.7 Å². The molecule has 2 aromatic rings. The van der Waals surface area contributed by atoms with Crippen molar-refractivity contribution in [1.82, 2.24) is 15.1 Å². The van der Waals surface area contributed by atoms with Crippen LogP contribution in [0.5, 0.6) is 0 Å². The van der Waals surface area contributed by atoms with Crippen LogP contribution >= 0.6 is 11.6 Å². The summed E-state index contributed by atoms with van der Waals surface area (Å²) >= 11 is 6.43. The highest BCUT2D eigenvalue weighted by molar-refractivity contribution is 6.31. The van der Waals surface area contributed by atoms with Crippen molar-refractivity contribution in [3.63, 3.8) is 0 Å². The zero-order valence-corrected chi connectivity index (χ0v) is 15.6. The normalized spacial score (nSPS) is 11.2. The summed E-state index contributed by atoms with van der Waals surface area (Å²) in [6.07, 6.45) is 2.16. The number of methoxy groups -OCH3 is 1. The maximum Gasteiger partial charge on any atom is 0.261 e. The second kappa shape index (κ2) is 9.76. The molecule has 1 heterocycles. The molecule has 2 rings (SSSR count). The summed E-state index contributed by atoms with van der Waals surface area (Å²) in [5.74, 6) is -0.435. The first-order chi connectivity index (χ1) is 12.6. The van der Waals surface area contributed by atoms with E-state index in [9.17, 15) is 10.1 Å². The summed E-state index contributed by atoms with van der Waals surface area (Å²) in [6, 6.07) is 11.7. The predicted octanol–water partition coefficient (Wildman–Crippen LogP) is 2.95. The molecule has 0 spiro atoms. The number of halogens is 1. The summed E-state index contributed by atoms with van der Waals surface area (Å²) < 4.78 is 6.59. The van der Waals surface area contributed by atoms with Gasteiger partial charge >= 0.3 is 0 Å². The monoisotopic (exact) mass is 372 g/mol. The number of hydrogen-bond acceptors (Lipinski definition) is 4. The first-order valence-corrected chi connectivity index (χ1v) is 8.60. The molecular formula is C19H21ClN4O2. The molecule has 7 heteroatoms. The van der Waals surface area contributed by atoms with Gasteiger partial charge in [0.2, 0.25) is 0 Å². The summed E-state index contributed by atoms with van der Waals surface area (Å²) in [4.78, 5) is 12.1. The van der Waals surface area contributed by atoms with E-state index in [1.165, 1.54) is 6.08 Å². The summed E-state index contributed by atoms with van der Waals surface area (Å²) in [7, 11) is 1.60. The van der Waals surface area contributed by atoms with Crippen LogP contribution in [0, 0.1) is 18.3 Å². The summed E-state index contributed by atoms with van der Waals surface area (Å²) in [6.45, 7) is 3.29. The average Bonchev–Trinajstić information content (AvgIpc) is 2.90. The highest BCUT2D eigenvalue weighted by atomic mass is 35.5. The minimum Gasteiger partial charge on any atom is -0.385 e. The molecule has 1 N–H and O–H groups in total. The lowest BCUT2D eigenvalue weighted by Gasteiger charge is -2.04. The largest absolute Gasteiger partial charge is 0.385 e. The smallest absolute Gasteiger partial charge is 0.261 e. The van der Waals surface area contributed by atoms with E-state index in [2.05, 4.69) is 10.4 Å². The first-order valence-electron chi connectivity index (χ1n) is 8.22. The second-order valence-electron chi connectivity index (χ2n) is 5.71. The quantitative estimate of drug-likeness (QED) is 0.439. The molecule has 0 bridgehead atoms. The van der Waals surface area contributed by atoms with Gasteiger partial charge in [-0.1, -0.05) is 41.9 Å². The van der Waals surface area contributed by atoms with Gasteiger partial charge in [0.05, 0.1) is 12.2 Å². The van der Waals surface area contributed by atoms with Gasteiger partial charge in [0, 0.05) is 25.8 Å². The van der Waals surface area contributed by atoms with E-state index in [0.29, 0.717) is 42.5 Å². The van der Waals surface area contributed by atoms with Gasteiger partial charge in [-0.15, -0.1) is 0 Å². The Bertz CT molecular complexity index is 822. The predicted molar refractivity (Wildman–Crippen MR) is 101 cm³/mol. The van der Waals surface area contributed by atoms with Crippen LogP contribution in [0.3, 0.4) is 0 Å². The van der Waals surface area contributed by atoms with Crippen molar-refractivity contribution in [2.75, 3.05) is 20.3 Å². The number of hydrogen-bond donors (Lipinski definition) is 1. The highest BCUT2D eigenvalue weighted by Crippen LogP contribution is 2.23. The van der Waals surface area contributed by atoms with Crippen molar-refractivity contribution in [3.8, 4) is 6.07 Å². The third-order valence-electron chi connectivity index (χ3n) is 3.75. The minimum absolute atomic E-state index is 0.00771. The van der Waals surface area contributed by atoms with Crippen molar-refractivity contribution in [1.29, 1.82) is 5.26 Å². The van der Waals surface area contributed by atoms with Gasteiger partial charge in [0.25, 0.3) is 5.91 Å². The molecule has 1 aromatic heterocycles. The third-order valence-corrected chi connectivity index (χ3v) is 4.15. The number of rotatable bonds is 8. The van der Waals surface area contributed by atoms with Crippen LogP contribution in [0.4, 0.5) is 0 Å². The van der Waals surface area contributed by atoms with E-state index in [4.69, 9.17) is 16.3 Å². The maximum atomic E-state index is 12.1. The Morgan fingerprint density at radius 2 is 2.15 bits per heavy atom. The Morgan fingerprint density at radius 1 is 1.42 bits per heavy atom. The van der Waals surface area contributed by atoms with Gasteiger partial charge < -0.3 is 10.1 Å². The van der Waals surface area contributed by atoms with Crippen LogP contribution in [0.1, 0.15) is 23.2 Å². The number of amides is 1. The third kappa shape index (κ3) is 5.19. The standard InChI is InChI=1S/C19H21ClN4O2/c1-14-17(11-16(12-21)19(25)22-9-6-10-26-2)18(20)24(23-14)13-15-7-4-3-5-8-15/h3-5,7-8,11H,6,9-10,13H2,1-2H3,(H,22,25)/b16-11+.